The minimum absolute atomic E-state index is 0.258. The fourth-order valence-corrected chi connectivity index (χ4v) is 3.62. The molecular formula is C18H18N4O. The van der Waals surface area contributed by atoms with Gasteiger partial charge in [0.05, 0.1) is 35.0 Å². The second-order valence-corrected chi connectivity index (χ2v) is 6.22. The van der Waals surface area contributed by atoms with Gasteiger partial charge >= 0.3 is 0 Å². The molecule has 0 unspecified atom stereocenters. The smallest absolute Gasteiger partial charge is 0.108 e. The molecule has 1 aliphatic rings. The first-order valence-corrected chi connectivity index (χ1v) is 7.96. The molecule has 0 bridgehead atoms. The number of benzene rings is 1. The Morgan fingerprint density at radius 3 is 3.00 bits per heavy atom. The molecule has 5 nitrogen and oxygen atoms in total. The first kappa shape index (κ1) is 14.2. The quantitative estimate of drug-likeness (QED) is 0.690. The van der Waals surface area contributed by atoms with Gasteiger partial charge in [-0.15, -0.1) is 0 Å². The maximum Gasteiger partial charge on any atom is 0.108 e. The summed E-state index contributed by atoms with van der Waals surface area (Å²) in [5.41, 5.74) is 3.53. The van der Waals surface area contributed by atoms with Gasteiger partial charge in [0, 0.05) is 18.0 Å². The Morgan fingerprint density at radius 1 is 1.35 bits per heavy atom. The number of hydrogen-bond donors (Lipinski definition) is 0. The highest BCUT2D eigenvalue weighted by Gasteiger charge is 2.25. The van der Waals surface area contributed by atoms with Crippen LogP contribution in [-0.4, -0.2) is 27.2 Å². The Bertz CT molecular complexity index is 937. The van der Waals surface area contributed by atoms with Gasteiger partial charge in [0.1, 0.15) is 11.3 Å². The van der Waals surface area contributed by atoms with Gasteiger partial charge in [-0.1, -0.05) is 0 Å². The molecule has 3 aromatic rings. The van der Waals surface area contributed by atoms with Crippen molar-refractivity contribution in [2.75, 3.05) is 6.61 Å². The number of fused-ring (bicyclic) bond motifs is 3. The van der Waals surface area contributed by atoms with Crippen LogP contribution in [0.1, 0.15) is 37.2 Å². The molecule has 0 radical (unpaired) electrons. The normalized spacial score (nSPS) is 21.6. The molecule has 3 heterocycles. The fourth-order valence-electron chi connectivity index (χ4n) is 3.62. The van der Waals surface area contributed by atoms with Gasteiger partial charge in [0.15, 0.2) is 0 Å². The lowest BCUT2D eigenvalue weighted by atomic mass is 10.0. The van der Waals surface area contributed by atoms with Crippen LogP contribution in [0.2, 0.25) is 0 Å². The molecule has 0 spiro atoms. The number of nitrogens with zero attached hydrogens (tertiary/aromatic N) is 4. The summed E-state index contributed by atoms with van der Waals surface area (Å²) in [6.45, 7) is 4.94. The van der Waals surface area contributed by atoms with Crippen LogP contribution in [0.4, 0.5) is 0 Å². The summed E-state index contributed by atoms with van der Waals surface area (Å²) < 4.78 is 8.01. The summed E-state index contributed by atoms with van der Waals surface area (Å²) in [7, 11) is 0. The van der Waals surface area contributed by atoms with E-state index in [-0.39, 0.29) is 6.10 Å². The Morgan fingerprint density at radius 2 is 2.22 bits per heavy atom. The summed E-state index contributed by atoms with van der Waals surface area (Å²) in [4.78, 5) is 9.19. The van der Waals surface area contributed by atoms with Crippen molar-refractivity contribution >= 4 is 21.9 Å². The van der Waals surface area contributed by atoms with Crippen molar-refractivity contribution in [3.63, 3.8) is 0 Å². The zero-order valence-corrected chi connectivity index (χ0v) is 13.3. The van der Waals surface area contributed by atoms with Crippen molar-refractivity contribution in [3.8, 4) is 6.07 Å². The van der Waals surface area contributed by atoms with Crippen molar-refractivity contribution in [2.45, 2.75) is 38.8 Å². The average Bonchev–Trinajstić information content (AvgIpc) is 2.90. The van der Waals surface area contributed by atoms with Gasteiger partial charge in [-0.3, -0.25) is 4.98 Å². The molecule has 0 N–H and O–H groups in total. The molecule has 1 fully saturated rings. The number of nitriles is 1. The fraction of sp³-hybridized carbons (Fsp3) is 0.389. The number of aryl methyl sites for hydroxylation is 1. The number of aromatic nitrogens is 3. The predicted molar refractivity (Wildman–Crippen MR) is 88.2 cm³/mol. The van der Waals surface area contributed by atoms with Gasteiger partial charge < -0.3 is 9.30 Å². The van der Waals surface area contributed by atoms with Crippen molar-refractivity contribution in [3.05, 3.63) is 35.8 Å². The summed E-state index contributed by atoms with van der Waals surface area (Å²) in [5, 5.41) is 10.2. The number of imidazole rings is 1. The molecule has 1 saturated heterocycles. The highest BCUT2D eigenvalue weighted by molar-refractivity contribution is 6.02. The van der Waals surface area contributed by atoms with E-state index < -0.39 is 0 Å². The van der Waals surface area contributed by atoms with Crippen molar-refractivity contribution in [1.29, 1.82) is 5.26 Å². The second-order valence-electron chi connectivity index (χ2n) is 6.22. The molecule has 1 aromatic carbocycles. The summed E-state index contributed by atoms with van der Waals surface area (Å²) in [6, 6.07) is 8.24. The average molecular weight is 306 g/mol. The van der Waals surface area contributed by atoms with E-state index in [1.807, 2.05) is 31.3 Å². The molecule has 4 rings (SSSR count). The lowest BCUT2D eigenvalue weighted by Crippen LogP contribution is -2.26. The van der Waals surface area contributed by atoms with Gasteiger partial charge in [0.25, 0.3) is 0 Å². The number of ether oxygens (including phenoxy) is 1. The van der Waals surface area contributed by atoms with E-state index in [0.29, 0.717) is 11.6 Å². The predicted octanol–water partition coefficient (Wildman–Crippen LogP) is 3.50. The Hall–Kier alpha value is -2.45. The topological polar surface area (TPSA) is 63.7 Å². The third-order valence-corrected chi connectivity index (χ3v) is 4.64. The van der Waals surface area contributed by atoms with E-state index in [2.05, 4.69) is 22.5 Å². The second kappa shape index (κ2) is 5.32. The molecule has 1 aliphatic heterocycles. The van der Waals surface area contributed by atoms with E-state index in [4.69, 9.17) is 9.72 Å². The minimum atomic E-state index is 0.258. The zero-order valence-electron chi connectivity index (χ0n) is 13.3. The Balaban J connectivity index is 2.01. The van der Waals surface area contributed by atoms with Crippen LogP contribution in [0.25, 0.3) is 21.9 Å². The zero-order chi connectivity index (χ0) is 16.0. The highest BCUT2D eigenvalue weighted by atomic mass is 16.5. The first-order valence-electron chi connectivity index (χ1n) is 7.96. The van der Waals surface area contributed by atoms with E-state index in [0.717, 1.165) is 47.2 Å². The van der Waals surface area contributed by atoms with Crippen LogP contribution in [-0.2, 0) is 4.74 Å². The Labute approximate surface area is 134 Å². The van der Waals surface area contributed by atoms with Gasteiger partial charge in [0.2, 0.25) is 0 Å². The molecule has 2 atom stereocenters. The van der Waals surface area contributed by atoms with Crippen LogP contribution in [0, 0.1) is 18.3 Å². The van der Waals surface area contributed by atoms with Crippen LogP contribution >= 0.6 is 0 Å². The number of hydrogen-bond acceptors (Lipinski definition) is 4. The van der Waals surface area contributed by atoms with Crippen LogP contribution in [0.3, 0.4) is 0 Å². The monoisotopic (exact) mass is 306 g/mol. The summed E-state index contributed by atoms with van der Waals surface area (Å²) in [6.07, 6.45) is 4.05. The standard InChI is InChI=1S/C18H18N4O/c1-11-7-14(5-6-23-11)22-12(2)21-17-10-20-16-4-3-13(9-19)8-15(16)18(17)22/h3-4,8,10-11,14H,5-7H2,1-2H3/t11-,14-/m0/s1. The van der Waals surface area contributed by atoms with Crippen LogP contribution < -0.4 is 0 Å². The molecule has 5 heteroatoms. The van der Waals surface area contributed by atoms with E-state index in [1.54, 1.807) is 0 Å². The lowest BCUT2D eigenvalue weighted by Gasteiger charge is -2.29. The van der Waals surface area contributed by atoms with E-state index in [9.17, 15) is 5.26 Å². The molecule has 0 amide bonds. The van der Waals surface area contributed by atoms with Gasteiger partial charge in [-0.05, 0) is 44.9 Å². The van der Waals surface area contributed by atoms with Crippen molar-refractivity contribution in [1.82, 2.24) is 14.5 Å². The largest absolute Gasteiger partial charge is 0.378 e. The summed E-state index contributed by atoms with van der Waals surface area (Å²) >= 11 is 0. The maximum absolute atomic E-state index is 9.22. The SMILES string of the molecule is Cc1nc2cnc3ccc(C#N)cc3c2n1[C@H]1CCO[C@@H](C)C1. The third kappa shape index (κ3) is 2.27. The Kier molecular flexibility index (Phi) is 3.28. The summed E-state index contributed by atoms with van der Waals surface area (Å²) in [5.74, 6) is 0.996. The van der Waals surface area contributed by atoms with Crippen LogP contribution in [0.5, 0.6) is 0 Å². The van der Waals surface area contributed by atoms with E-state index in [1.165, 1.54) is 0 Å². The lowest BCUT2D eigenvalue weighted by molar-refractivity contribution is 0.00640. The van der Waals surface area contributed by atoms with E-state index >= 15 is 0 Å². The number of pyridine rings is 1. The van der Waals surface area contributed by atoms with Gasteiger partial charge in [-0.2, -0.15) is 5.26 Å². The molecule has 2 aromatic heterocycles. The molecule has 116 valence electrons. The molecule has 0 aliphatic carbocycles. The maximum atomic E-state index is 9.22. The molecular weight excluding hydrogens is 288 g/mol. The highest BCUT2D eigenvalue weighted by Crippen LogP contribution is 2.33. The first-order chi connectivity index (χ1) is 11.2. The third-order valence-electron chi connectivity index (χ3n) is 4.64. The molecule has 0 saturated carbocycles. The van der Waals surface area contributed by atoms with Crippen molar-refractivity contribution in [2.24, 2.45) is 0 Å². The van der Waals surface area contributed by atoms with Crippen LogP contribution in [0.15, 0.2) is 24.4 Å². The minimum Gasteiger partial charge on any atom is -0.378 e. The molecule has 23 heavy (non-hydrogen) atoms. The van der Waals surface area contributed by atoms with Gasteiger partial charge in [-0.25, -0.2) is 4.98 Å². The number of rotatable bonds is 1. The van der Waals surface area contributed by atoms with Crippen molar-refractivity contribution < 1.29 is 4.74 Å².